The van der Waals surface area contributed by atoms with E-state index in [4.69, 9.17) is 9.47 Å². The lowest BCUT2D eigenvalue weighted by atomic mass is 9.85. The summed E-state index contributed by atoms with van der Waals surface area (Å²) in [6.45, 7) is 2.00. The van der Waals surface area contributed by atoms with Gasteiger partial charge in [0.05, 0.1) is 17.0 Å². The van der Waals surface area contributed by atoms with Crippen LogP contribution in [0.5, 0.6) is 5.75 Å². The van der Waals surface area contributed by atoms with Gasteiger partial charge in [-0.25, -0.2) is 4.79 Å². The zero-order valence-electron chi connectivity index (χ0n) is 19.9. The maximum atomic E-state index is 13.1. The minimum absolute atomic E-state index is 0.190. The molecule has 5 rings (SSSR count). The predicted molar refractivity (Wildman–Crippen MR) is 130 cm³/mol. The Morgan fingerprint density at radius 3 is 2.30 bits per heavy atom. The van der Waals surface area contributed by atoms with Gasteiger partial charge < -0.3 is 9.47 Å². The van der Waals surface area contributed by atoms with Crippen LogP contribution in [0.1, 0.15) is 36.3 Å². The highest BCUT2D eigenvalue weighted by atomic mass is 19.4. The lowest BCUT2D eigenvalue weighted by molar-refractivity contribution is -0.137. The van der Waals surface area contributed by atoms with E-state index in [0.29, 0.717) is 29.8 Å². The zero-order valence-corrected chi connectivity index (χ0v) is 19.9. The molecule has 0 aliphatic heterocycles. The summed E-state index contributed by atoms with van der Waals surface area (Å²) >= 11 is 0. The SMILES string of the molecule is CC1Cc2nnc(-c3cccc(C(F)(F)F)c3)cc2C(OC(=O)Oc2ccccc2)C1.c1ccncc1. The van der Waals surface area contributed by atoms with E-state index >= 15 is 0 Å². The second-order valence-electron chi connectivity index (χ2n) is 8.55. The van der Waals surface area contributed by atoms with Gasteiger partial charge in [-0.2, -0.15) is 23.4 Å². The van der Waals surface area contributed by atoms with Crippen LogP contribution in [-0.4, -0.2) is 21.3 Å². The molecule has 0 N–H and O–H groups in total. The summed E-state index contributed by atoms with van der Waals surface area (Å²) in [5.41, 5.74) is 1.09. The number of carbonyl (C=O) groups excluding carboxylic acids is 1. The number of hydrogen-bond donors (Lipinski definition) is 0. The molecule has 4 aromatic rings. The van der Waals surface area contributed by atoms with Crippen molar-refractivity contribution in [3.05, 3.63) is 108 Å². The van der Waals surface area contributed by atoms with E-state index in [2.05, 4.69) is 15.2 Å². The summed E-state index contributed by atoms with van der Waals surface area (Å²) in [6.07, 6.45) is -1.26. The first-order valence-corrected chi connectivity index (χ1v) is 11.6. The third-order valence-corrected chi connectivity index (χ3v) is 5.64. The number of hydrogen-bond acceptors (Lipinski definition) is 6. The number of para-hydroxylation sites is 1. The molecule has 0 radical (unpaired) electrons. The molecule has 1 aliphatic carbocycles. The number of ether oxygens (including phenoxy) is 2. The Balaban J connectivity index is 0.000000469. The summed E-state index contributed by atoms with van der Waals surface area (Å²) in [4.78, 5) is 16.1. The fraction of sp³-hybridized carbons (Fsp3) is 0.214. The average Bonchev–Trinajstić information content (AvgIpc) is 2.90. The molecule has 2 aromatic heterocycles. The second kappa shape index (κ2) is 11.6. The summed E-state index contributed by atoms with van der Waals surface area (Å²) in [5.74, 6) is 0.546. The molecule has 2 unspecified atom stereocenters. The van der Waals surface area contributed by atoms with Crippen LogP contribution in [0.15, 0.2) is 91.3 Å². The Bertz CT molecular complexity index is 1290. The molecule has 37 heavy (non-hydrogen) atoms. The van der Waals surface area contributed by atoms with Crippen LogP contribution in [0.25, 0.3) is 11.3 Å². The van der Waals surface area contributed by atoms with Crippen LogP contribution < -0.4 is 4.74 Å². The quantitative estimate of drug-likeness (QED) is 0.218. The van der Waals surface area contributed by atoms with Crippen molar-refractivity contribution in [2.24, 2.45) is 5.92 Å². The molecule has 0 fully saturated rings. The van der Waals surface area contributed by atoms with Crippen LogP contribution >= 0.6 is 0 Å². The fourth-order valence-electron chi connectivity index (χ4n) is 3.92. The van der Waals surface area contributed by atoms with Crippen molar-refractivity contribution >= 4 is 6.16 Å². The van der Waals surface area contributed by atoms with E-state index in [-0.39, 0.29) is 17.2 Å². The number of pyridine rings is 1. The van der Waals surface area contributed by atoms with Gasteiger partial charge in [0.25, 0.3) is 0 Å². The number of alkyl halides is 3. The highest BCUT2D eigenvalue weighted by Crippen LogP contribution is 2.37. The molecule has 0 bridgehead atoms. The van der Waals surface area contributed by atoms with E-state index in [0.717, 1.165) is 12.1 Å². The van der Waals surface area contributed by atoms with Crippen molar-refractivity contribution in [3.8, 4) is 17.0 Å². The Morgan fingerprint density at radius 1 is 0.919 bits per heavy atom. The molecule has 1 aliphatic rings. The normalized spacial score (nSPS) is 16.5. The number of fused-ring (bicyclic) bond motifs is 1. The van der Waals surface area contributed by atoms with E-state index in [9.17, 15) is 18.0 Å². The third-order valence-electron chi connectivity index (χ3n) is 5.64. The van der Waals surface area contributed by atoms with Gasteiger partial charge in [-0.1, -0.05) is 43.3 Å². The highest BCUT2D eigenvalue weighted by molar-refractivity contribution is 5.65. The number of rotatable bonds is 3. The van der Waals surface area contributed by atoms with Crippen molar-refractivity contribution in [3.63, 3.8) is 0 Å². The molecule has 2 aromatic carbocycles. The van der Waals surface area contributed by atoms with Crippen LogP contribution in [-0.2, 0) is 17.3 Å². The van der Waals surface area contributed by atoms with Gasteiger partial charge in [0.15, 0.2) is 0 Å². The molecule has 6 nitrogen and oxygen atoms in total. The molecule has 2 heterocycles. The fourth-order valence-corrected chi connectivity index (χ4v) is 3.92. The molecule has 190 valence electrons. The monoisotopic (exact) mass is 507 g/mol. The largest absolute Gasteiger partial charge is 0.514 e. The summed E-state index contributed by atoms with van der Waals surface area (Å²) in [7, 11) is 0. The van der Waals surface area contributed by atoms with Crippen molar-refractivity contribution in [2.75, 3.05) is 0 Å². The first-order valence-electron chi connectivity index (χ1n) is 11.6. The first-order chi connectivity index (χ1) is 17.8. The molecule has 0 saturated heterocycles. The molecule has 9 heteroatoms. The Labute approximate surface area is 212 Å². The van der Waals surface area contributed by atoms with Crippen LogP contribution in [0.4, 0.5) is 18.0 Å². The van der Waals surface area contributed by atoms with E-state index < -0.39 is 24.0 Å². The topological polar surface area (TPSA) is 74.2 Å². The van der Waals surface area contributed by atoms with Crippen molar-refractivity contribution in [1.82, 2.24) is 15.2 Å². The number of nitrogens with zero attached hydrogens (tertiary/aromatic N) is 3. The van der Waals surface area contributed by atoms with Gasteiger partial charge in [0.1, 0.15) is 11.9 Å². The summed E-state index contributed by atoms with van der Waals surface area (Å²) < 4.78 is 50.0. The van der Waals surface area contributed by atoms with Crippen molar-refractivity contribution < 1.29 is 27.4 Å². The van der Waals surface area contributed by atoms with E-state index in [1.54, 1.807) is 48.8 Å². The molecular weight excluding hydrogens is 483 g/mol. The molecule has 2 atom stereocenters. The summed E-state index contributed by atoms with van der Waals surface area (Å²) in [5, 5.41) is 8.33. The van der Waals surface area contributed by atoms with Gasteiger partial charge >= 0.3 is 12.3 Å². The van der Waals surface area contributed by atoms with Gasteiger partial charge in [0.2, 0.25) is 0 Å². The lowest BCUT2D eigenvalue weighted by Gasteiger charge is -2.28. The third kappa shape index (κ3) is 7.13. The van der Waals surface area contributed by atoms with Crippen LogP contribution in [0.3, 0.4) is 0 Å². The van der Waals surface area contributed by atoms with Crippen molar-refractivity contribution in [1.29, 1.82) is 0 Å². The first kappa shape index (κ1) is 25.8. The minimum Gasteiger partial charge on any atom is -0.426 e. The van der Waals surface area contributed by atoms with Gasteiger partial charge in [-0.15, -0.1) is 0 Å². The number of carbonyl (C=O) groups is 1. The van der Waals surface area contributed by atoms with Crippen LogP contribution in [0.2, 0.25) is 0 Å². The molecular formula is C28H24F3N3O3. The maximum Gasteiger partial charge on any atom is 0.514 e. The molecule has 0 saturated carbocycles. The van der Waals surface area contributed by atoms with E-state index in [1.165, 1.54) is 12.1 Å². The van der Waals surface area contributed by atoms with Gasteiger partial charge in [-0.05, 0) is 61.2 Å². The maximum absolute atomic E-state index is 13.1. The van der Waals surface area contributed by atoms with Crippen molar-refractivity contribution in [2.45, 2.75) is 32.0 Å². The number of aromatic nitrogens is 3. The van der Waals surface area contributed by atoms with Crippen LogP contribution in [0, 0.1) is 5.92 Å². The van der Waals surface area contributed by atoms with Gasteiger partial charge in [0, 0.05) is 23.5 Å². The zero-order chi connectivity index (χ0) is 26.3. The standard InChI is InChI=1S/C23H19F3N2O3.C5H5N/c1-14-10-20-18(21(11-14)31-22(29)30-17-8-3-2-4-9-17)13-19(27-28-20)15-6-5-7-16(12-15)23(24,25)26;1-2-4-6-5-3-1/h2-9,12-14,21H,10-11H2,1H3;1-5H. The molecule has 0 amide bonds. The minimum atomic E-state index is -4.46. The Morgan fingerprint density at radius 2 is 1.65 bits per heavy atom. The lowest BCUT2D eigenvalue weighted by Crippen LogP contribution is -2.24. The van der Waals surface area contributed by atoms with E-state index in [1.807, 2.05) is 25.1 Å². The Hall–Kier alpha value is -4.27. The Kier molecular flexibility index (Phi) is 8.12. The van der Waals surface area contributed by atoms with Gasteiger partial charge in [-0.3, -0.25) is 4.98 Å². The predicted octanol–water partition coefficient (Wildman–Crippen LogP) is 7.08. The number of benzene rings is 2. The average molecular weight is 508 g/mol. The smallest absolute Gasteiger partial charge is 0.426 e. The highest BCUT2D eigenvalue weighted by Gasteiger charge is 2.32. The summed E-state index contributed by atoms with van der Waals surface area (Å²) in [6, 6.07) is 20.8. The second-order valence-corrected chi connectivity index (χ2v) is 8.55. The number of halogens is 3. The molecule has 0 spiro atoms.